The number of amides is 1. The first-order valence-electron chi connectivity index (χ1n) is 7.85. The number of anilines is 1. The quantitative estimate of drug-likeness (QED) is 0.792. The van der Waals surface area contributed by atoms with Gasteiger partial charge in [0.15, 0.2) is 6.61 Å². The molecule has 25 heavy (non-hydrogen) atoms. The van der Waals surface area contributed by atoms with Crippen molar-refractivity contribution in [3.63, 3.8) is 0 Å². The molecule has 0 spiro atoms. The second kappa shape index (κ2) is 6.80. The lowest BCUT2D eigenvalue weighted by Crippen LogP contribution is -2.24. The van der Waals surface area contributed by atoms with Crippen molar-refractivity contribution in [2.45, 2.75) is 57.0 Å². The van der Waals surface area contributed by atoms with Crippen LogP contribution in [0.1, 0.15) is 56.2 Å². The van der Waals surface area contributed by atoms with Gasteiger partial charge in [0.1, 0.15) is 5.82 Å². The highest BCUT2D eigenvalue weighted by Crippen LogP contribution is 2.46. The van der Waals surface area contributed by atoms with Crippen molar-refractivity contribution in [2.24, 2.45) is 7.05 Å². The summed E-state index contributed by atoms with van der Waals surface area (Å²) in [6, 6.07) is 0. The maximum atomic E-state index is 13.5. The lowest BCUT2D eigenvalue weighted by Gasteiger charge is -2.15. The molecule has 10 heteroatoms. The summed E-state index contributed by atoms with van der Waals surface area (Å²) in [7, 11) is 1.49. The Balaban J connectivity index is 2.22. The zero-order chi connectivity index (χ0) is 19.0. The van der Waals surface area contributed by atoms with Crippen molar-refractivity contribution < 1.29 is 31.5 Å². The molecule has 1 fully saturated rings. The van der Waals surface area contributed by atoms with E-state index in [4.69, 9.17) is 0 Å². The van der Waals surface area contributed by atoms with Gasteiger partial charge in [0, 0.05) is 31.4 Å². The summed E-state index contributed by atoms with van der Waals surface area (Å²) in [5.41, 5.74) is 0.981. The molecular formula is C15H20F5N3O2. The van der Waals surface area contributed by atoms with Crippen LogP contribution in [-0.2, 0) is 11.8 Å². The fourth-order valence-corrected chi connectivity index (χ4v) is 3.04. The van der Waals surface area contributed by atoms with Crippen molar-refractivity contribution >= 4 is 11.9 Å². The van der Waals surface area contributed by atoms with Crippen LogP contribution >= 0.6 is 0 Å². The van der Waals surface area contributed by atoms with Crippen LogP contribution < -0.4 is 5.32 Å². The number of rotatable bonds is 4. The van der Waals surface area contributed by atoms with Gasteiger partial charge in [0.25, 0.3) is 0 Å². The molecule has 1 unspecified atom stereocenters. The van der Waals surface area contributed by atoms with Gasteiger partial charge in [0.05, 0.1) is 5.69 Å². The van der Waals surface area contributed by atoms with E-state index in [9.17, 15) is 26.7 Å². The molecule has 1 N–H and O–H groups in total. The average Bonchev–Trinajstić information content (AvgIpc) is 2.96. The Bertz CT molecular complexity index is 640. The molecule has 1 atom stereocenters. The van der Waals surface area contributed by atoms with E-state index in [0.717, 1.165) is 0 Å². The highest BCUT2D eigenvalue weighted by atomic mass is 19.4. The van der Waals surface area contributed by atoms with Crippen LogP contribution in [0, 0.1) is 0 Å². The second-order valence-electron chi connectivity index (χ2n) is 6.54. The second-order valence-corrected chi connectivity index (χ2v) is 6.54. The van der Waals surface area contributed by atoms with E-state index < -0.39 is 30.7 Å². The number of hydrogen-bond acceptors (Lipinski definition) is 3. The Kier molecular flexibility index (Phi) is 5.29. The first-order chi connectivity index (χ1) is 11.4. The molecule has 0 saturated heterocycles. The summed E-state index contributed by atoms with van der Waals surface area (Å²) < 4.78 is 68.8. The smallest absolute Gasteiger partial charge is 0.422 e. The molecule has 1 aromatic rings. The van der Waals surface area contributed by atoms with Gasteiger partial charge in [-0.05, 0) is 12.3 Å². The van der Waals surface area contributed by atoms with Gasteiger partial charge < -0.3 is 4.74 Å². The average molecular weight is 369 g/mol. The third-order valence-electron chi connectivity index (χ3n) is 4.07. The van der Waals surface area contributed by atoms with E-state index in [2.05, 4.69) is 15.2 Å². The molecule has 1 aliphatic rings. The molecule has 142 valence electrons. The number of carbonyl (C=O) groups excluding carboxylic acids is 1. The molecular weight excluding hydrogens is 349 g/mol. The SMILES string of the molecule is CC(C)c1c(C2CCC(F)(F)C2)nn(C)c1NC(=O)OCC(F)(F)F. The van der Waals surface area contributed by atoms with E-state index in [0.29, 0.717) is 11.3 Å². The van der Waals surface area contributed by atoms with Crippen molar-refractivity contribution in [3.05, 3.63) is 11.3 Å². The molecule has 0 bridgehead atoms. The number of nitrogens with one attached hydrogen (secondary N) is 1. The summed E-state index contributed by atoms with van der Waals surface area (Å²) in [4.78, 5) is 11.6. The lowest BCUT2D eigenvalue weighted by atomic mass is 9.93. The van der Waals surface area contributed by atoms with Crippen LogP contribution in [-0.4, -0.2) is 34.6 Å². The van der Waals surface area contributed by atoms with Crippen molar-refractivity contribution in [3.8, 4) is 0 Å². The first-order valence-corrected chi connectivity index (χ1v) is 7.85. The molecule has 2 rings (SSSR count). The van der Waals surface area contributed by atoms with Gasteiger partial charge >= 0.3 is 12.3 Å². The molecule has 1 amide bonds. The summed E-state index contributed by atoms with van der Waals surface area (Å²) in [6.07, 6.45) is -6.21. The number of ether oxygens (including phenoxy) is 1. The van der Waals surface area contributed by atoms with Gasteiger partial charge in [-0.3, -0.25) is 10.00 Å². The van der Waals surface area contributed by atoms with E-state index in [1.807, 2.05) is 0 Å². The minimum atomic E-state index is -4.63. The fraction of sp³-hybridized carbons (Fsp3) is 0.733. The number of nitrogens with zero attached hydrogens (tertiary/aromatic N) is 2. The highest BCUT2D eigenvalue weighted by Gasteiger charge is 2.42. The Labute approximate surface area is 141 Å². The molecule has 1 aliphatic carbocycles. The minimum Gasteiger partial charge on any atom is -0.440 e. The van der Waals surface area contributed by atoms with Crippen molar-refractivity contribution in [1.82, 2.24) is 9.78 Å². The number of alkyl halides is 5. The number of aromatic nitrogens is 2. The summed E-state index contributed by atoms with van der Waals surface area (Å²) >= 11 is 0. The third kappa shape index (κ3) is 4.82. The summed E-state index contributed by atoms with van der Waals surface area (Å²) in [6.45, 7) is 1.87. The Hall–Kier alpha value is -1.87. The van der Waals surface area contributed by atoms with Gasteiger partial charge in [-0.2, -0.15) is 18.3 Å². The molecule has 1 saturated carbocycles. The Morgan fingerprint density at radius 2 is 2.08 bits per heavy atom. The summed E-state index contributed by atoms with van der Waals surface area (Å²) in [5, 5.41) is 6.48. The fourth-order valence-electron chi connectivity index (χ4n) is 3.04. The monoisotopic (exact) mass is 369 g/mol. The van der Waals surface area contributed by atoms with Gasteiger partial charge in [-0.1, -0.05) is 13.8 Å². The topological polar surface area (TPSA) is 56.2 Å². The third-order valence-corrected chi connectivity index (χ3v) is 4.07. The summed E-state index contributed by atoms with van der Waals surface area (Å²) in [5.74, 6) is -3.22. The van der Waals surface area contributed by atoms with Crippen LogP contribution in [0.2, 0.25) is 0 Å². The lowest BCUT2D eigenvalue weighted by molar-refractivity contribution is -0.159. The van der Waals surface area contributed by atoms with E-state index in [1.165, 1.54) is 11.7 Å². The van der Waals surface area contributed by atoms with Crippen LogP contribution in [0.25, 0.3) is 0 Å². The maximum absolute atomic E-state index is 13.5. The highest BCUT2D eigenvalue weighted by molar-refractivity contribution is 5.85. The number of halogens is 5. The molecule has 0 aliphatic heterocycles. The minimum absolute atomic E-state index is 0.160. The van der Waals surface area contributed by atoms with Crippen molar-refractivity contribution in [1.29, 1.82) is 0 Å². The molecule has 0 aromatic carbocycles. The van der Waals surface area contributed by atoms with Crippen LogP contribution in [0.4, 0.5) is 32.6 Å². The Morgan fingerprint density at radius 3 is 2.56 bits per heavy atom. The number of carbonyl (C=O) groups is 1. The first kappa shape index (κ1) is 19.5. The zero-order valence-corrected chi connectivity index (χ0v) is 14.1. The van der Waals surface area contributed by atoms with E-state index in [-0.39, 0.29) is 31.0 Å². The van der Waals surface area contributed by atoms with Crippen LogP contribution in [0.15, 0.2) is 0 Å². The van der Waals surface area contributed by atoms with Gasteiger partial charge in [-0.15, -0.1) is 0 Å². The van der Waals surface area contributed by atoms with Crippen molar-refractivity contribution in [2.75, 3.05) is 11.9 Å². The molecule has 5 nitrogen and oxygen atoms in total. The van der Waals surface area contributed by atoms with Crippen LogP contribution in [0.3, 0.4) is 0 Å². The Morgan fingerprint density at radius 1 is 1.44 bits per heavy atom. The number of aryl methyl sites for hydroxylation is 1. The molecule has 0 radical (unpaired) electrons. The predicted octanol–water partition coefficient (Wildman–Crippen LogP) is 4.56. The molecule has 1 heterocycles. The van der Waals surface area contributed by atoms with Gasteiger partial charge in [-0.25, -0.2) is 13.6 Å². The normalized spacial score (nSPS) is 20.1. The predicted molar refractivity (Wildman–Crippen MR) is 79.9 cm³/mol. The molecule has 1 aromatic heterocycles. The van der Waals surface area contributed by atoms with E-state index in [1.54, 1.807) is 13.8 Å². The largest absolute Gasteiger partial charge is 0.440 e. The van der Waals surface area contributed by atoms with Crippen LogP contribution in [0.5, 0.6) is 0 Å². The zero-order valence-electron chi connectivity index (χ0n) is 14.1. The standard InChI is InChI=1S/C15H20F5N3O2/c1-8(2)10-11(9-4-5-14(16,17)6-9)22-23(3)12(10)21-13(24)25-7-15(18,19)20/h8-9H,4-7H2,1-3H3,(H,21,24). The number of hydrogen-bond donors (Lipinski definition) is 1. The van der Waals surface area contributed by atoms with E-state index >= 15 is 0 Å². The van der Waals surface area contributed by atoms with Gasteiger partial charge in [0.2, 0.25) is 5.92 Å². The maximum Gasteiger partial charge on any atom is 0.422 e.